The van der Waals surface area contributed by atoms with Gasteiger partial charge in [-0.3, -0.25) is 9.78 Å². The predicted molar refractivity (Wildman–Crippen MR) is 87.8 cm³/mol. The van der Waals surface area contributed by atoms with Crippen LogP contribution < -0.4 is 10.1 Å². The largest absolute Gasteiger partial charge is 0.497 e. The van der Waals surface area contributed by atoms with E-state index in [-0.39, 0.29) is 5.91 Å². The van der Waals surface area contributed by atoms with E-state index in [2.05, 4.69) is 10.3 Å². The summed E-state index contributed by atoms with van der Waals surface area (Å²) in [6, 6.07) is 11.2. The number of hydrogen-bond donors (Lipinski definition) is 1. The fraction of sp³-hybridized carbons (Fsp3) is 0.294. The second kappa shape index (κ2) is 7.45. The van der Waals surface area contributed by atoms with Gasteiger partial charge >= 0.3 is 0 Å². The lowest BCUT2D eigenvalue weighted by Gasteiger charge is -2.18. The Morgan fingerprint density at radius 1 is 1.18 bits per heavy atom. The summed E-state index contributed by atoms with van der Waals surface area (Å²) in [6.45, 7) is 5.26. The Morgan fingerprint density at radius 3 is 2.59 bits per heavy atom. The third-order valence-electron chi connectivity index (χ3n) is 3.39. The van der Waals surface area contributed by atoms with E-state index in [1.165, 1.54) is 0 Å². The molecule has 1 aromatic carbocycles. The number of anilines is 2. The van der Waals surface area contributed by atoms with E-state index in [1.54, 1.807) is 24.3 Å². The Balaban J connectivity index is 2.19. The molecular weight excluding hydrogens is 278 g/mol. The highest BCUT2D eigenvalue weighted by atomic mass is 16.5. The van der Waals surface area contributed by atoms with Crippen LogP contribution in [0, 0.1) is 0 Å². The highest BCUT2D eigenvalue weighted by Gasteiger charge is 2.14. The molecule has 1 aromatic heterocycles. The van der Waals surface area contributed by atoms with Gasteiger partial charge in [0.1, 0.15) is 11.4 Å². The first-order chi connectivity index (χ1) is 10.7. The lowest BCUT2D eigenvalue weighted by molar-refractivity contribution is 0.0767. The monoisotopic (exact) mass is 299 g/mol. The second-order valence-electron chi connectivity index (χ2n) is 4.76. The third kappa shape index (κ3) is 3.75. The number of carbonyl (C=O) groups is 1. The van der Waals surface area contributed by atoms with Gasteiger partial charge in [-0.05, 0) is 38.1 Å². The Morgan fingerprint density at radius 2 is 1.91 bits per heavy atom. The van der Waals surface area contributed by atoms with Crippen LogP contribution in [0.4, 0.5) is 11.4 Å². The molecule has 22 heavy (non-hydrogen) atoms. The van der Waals surface area contributed by atoms with Crippen LogP contribution in [0.15, 0.2) is 42.6 Å². The number of nitrogens with one attached hydrogen (secondary N) is 1. The first-order valence-corrected chi connectivity index (χ1v) is 7.34. The minimum atomic E-state index is -0.0562. The number of nitrogens with zero attached hydrogens (tertiary/aromatic N) is 2. The van der Waals surface area contributed by atoms with E-state index in [0.29, 0.717) is 18.8 Å². The van der Waals surface area contributed by atoms with Crippen molar-refractivity contribution in [2.24, 2.45) is 0 Å². The standard InChI is InChI=1S/C17H21N3O2/c1-4-20(5-2)17(21)16-12-14(9-10-18-16)19-13-7-6-8-15(11-13)22-3/h6-12H,4-5H2,1-3H3,(H,18,19). The van der Waals surface area contributed by atoms with Gasteiger partial charge in [-0.15, -0.1) is 0 Å². The van der Waals surface area contributed by atoms with E-state index < -0.39 is 0 Å². The molecule has 0 aliphatic carbocycles. The zero-order chi connectivity index (χ0) is 15.9. The molecule has 5 nitrogen and oxygen atoms in total. The molecule has 0 bridgehead atoms. The molecule has 1 heterocycles. The van der Waals surface area contributed by atoms with Gasteiger partial charge in [-0.2, -0.15) is 0 Å². The van der Waals surface area contributed by atoms with Crippen molar-refractivity contribution >= 4 is 17.3 Å². The molecular formula is C17H21N3O2. The third-order valence-corrected chi connectivity index (χ3v) is 3.39. The topological polar surface area (TPSA) is 54.5 Å². The molecule has 0 aliphatic heterocycles. The maximum absolute atomic E-state index is 12.3. The Kier molecular flexibility index (Phi) is 5.36. The summed E-state index contributed by atoms with van der Waals surface area (Å²) in [5.74, 6) is 0.720. The van der Waals surface area contributed by atoms with Crippen molar-refractivity contribution in [1.82, 2.24) is 9.88 Å². The number of methoxy groups -OCH3 is 1. The number of hydrogen-bond acceptors (Lipinski definition) is 4. The van der Waals surface area contributed by atoms with Crippen molar-refractivity contribution in [2.45, 2.75) is 13.8 Å². The SMILES string of the molecule is CCN(CC)C(=O)c1cc(Nc2cccc(OC)c2)ccn1. The Bertz CT molecular complexity index is 639. The summed E-state index contributed by atoms with van der Waals surface area (Å²) < 4.78 is 5.20. The average molecular weight is 299 g/mol. The molecule has 0 unspecified atom stereocenters. The van der Waals surface area contributed by atoms with Crippen molar-refractivity contribution in [3.63, 3.8) is 0 Å². The van der Waals surface area contributed by atoms with E-state index in [9.17, 15) is 4.79 Å². The van der Waals surface area contributed by atoms with Gasteiger partial charge < -0.3 is 15.0 Å². The fourth-order valence-electron chi connectivity index (χ4n) is 2.17. The molecule has 2 rings (SSSR count). The van der Waals surface area contributed by atoms with E-state index in [1.807, 2.05) is 44.2 Å². The molecule has 0 spiro atoms. The summed E-state index contributed by atoms with van der Waals surface area (Å²) in [6.07, 6.45) is 1.64. The van der Waals surface area contributed by atoms with Crippen LogP contribution in [0.2, 0.25) is 0 Å². The van der Waals surface area contributed by atoms with Gasteiger partial charge in [0.2, 0.25) is 0 Å². The maximum Gasteiger partial charge on any atom is 0.272 e. The second-order valence-corrected chi connectivity index (χ2v) is 4.76. The number of rotatable bonds is 6. The van der Waals surface area contributed by atoms with Crippen LogP contribution >= 0.6 is 0 Å². The van der Waals surface area contributed by atoms with Gasteiger partial charge in [0.15, 0.2) is 0 Å². The van der Waals surface area contributed by atoms with Gasteiger partial charge in [0.05, 0.1) is 7.11 Å². The minimum Gasteiger partial charge on any atom is -0.497 e. The quantitative estimate of drug-likeness (QED) is 0.889. The maximum atomic E-state index is 12.3. The van der Waals surface area contributed by atoms with Crippen LogP contribution in [0.3, 0.4) is 0 Å². The summed E-state index contributed by atoms with van der Waals surface area (Å²) in [5, 5.41) is 3.26. The number of ether oxygens (including phenoxy) is 1. The molecule has 2 aromatic rings. The van der Waals surface area contributed by atoms with Crippen LogP contribution in [0.25, 0.3) is 0 Å². The number of benzene rings is 1. The van der Waals surface area contributed by atoms with Crippen LogP contribution in [-0.2, 0) is 0 Å². The lowest BCUT2D eigenvalue weighted by atomic mass is 10.2. The predicted octanol–water partition coefficient (Wildman–Crippen LogP) is 3.32. The molecule has 1 amide bonds. The van der Waals surface area contributed by atoms with Crippen molar-refractivity contribution in [3.05, 3.63) is 48.3 Å². The van der Waals surface area contributed by atoms with Crippen LogP contribution in [0.1, 0.15) is 24.3 Å². The van der Waals surface area contributed by atoms with E-state index in [4.69, 9.17) is 4.74 Å². The molecule has 5 heteroatoms. The van der Waals surface area contributed by atoms with Crippen molar-refractivity contribution in [2.75, 3.05) is 25.5 Å². The van der Waals surface area contributed by atoms with Crippen molar-refractivity contribution in [3.8, 4) is 5.75 Å². The minimum absolute atomic E-state index is 0.0562. The Labute approximate surface area is 130 Å². The average Bonchev–Trinajstić information content (AvgIpc) is 2.56. The van der Waals surface area contributed by atoms with Crippen LogP contribution in [-0.4, -0.2) is 36.0 Å². The summed E-state index contributed by atoms with van der Waals surface area (Å²) in [5.41, 5.74) is 2.15. The van der Waals surface area contributed by atoms with Gasteiger partial charge in [-0.1, -0.05) is 6.07 Å². The number of carbonyl (C=O) groups excluding carboxylic acids is 1. The normalized spacial score (nSPS) is 10.1. The number of aromatic nitrogens is 1. The highest BCUT2D eigenvalue weighted by Crippen LogP contribution is 2.21. The number of pyridine rings is 1. The van der Waals surface area contributed by atoms with Crippen LogP contribution in [0.5, 0.6) is 5.75 Å². The lowest BCUT2D eigenvalue weighted by Crippen LogP contribution is -2.31. The number of amides is 1. The first kappa shape index (κ1) is 15.8. The molecule has 0 saturated carbocycles. The molecule has 1 N–H and O–H groups in total. The van der Waals surface area contributed by atoms with Gasteiger partial charge in [0.25, 0.3) is 5.91 Å². The fourth-order valence-corrected chi connectivity index (χ4v) is 2.17. The summed E-state index contributed by atoms with van der Waals surface area (Å²) >= 11 is 0. The first-order valence-electron chi connectivity index (χ1n) is 7.34. The zero-order valence-corrected chi connectivity index (χ0v) is 13.2. The zero-order valence-electron chi connectivity index (χ0n) is 13.2. The molecule has 0 fully saturated rings. The van der Waals surface area contributed by atoms with Crippen molar-refractivity contribution in [1.29, 1.82) is 0 Å². The molecule has 0 saturated heterocycles. The Hall–Kier alpha value is -2.56. The van der Waals surface area contributed by atoms with Crippen molar-refractivity contribution < 1.29 is 9.53 Å². The van der Waals surface area contributed by atoms with Gasteiger partial charge in [0, 0.05) is 36.7 Å². The summed E-state index contributed by atoms with van der Waals surface area (Å²) in [7, 11) is 1.63. The van der Waals surface area contributed by atoms with E-state index >= 15 is 0 Å². The highest BCUT2D eigenvalue weighted by molar-refractivity contribution is 5.93. The molecule has 116 valence electrons. The molecule has 0 atom stereocenters. The smallest absolute Gasteiger partial charge is 0.272 e. The molecule has 0 radical (unpaired) electrons. The van der Waals surface area contributed by atoms with Gasteiger partial charge in [-0.25, -0.2) is 0 Å². The summed E-state index contributed by atoms with van der Waals surface area (Å²) in [4.78, 5) is 18.3. The molecule has 0 aliphatic rings. The van der Waals surface area contributed by atoms with E-state index in [0.717, 1.165) is 17.1 Å².